The summed E-state index contributed by atoms with van der Waals surface area (Å²) in [5.41, 5.74) is 0.137. The van der Waals surface area contributed by atoms with Gasteiger partial charge < -0.3 is 14.2 Å². The lowest BCUT2D eigenvalue weighted by atomic mass is 10.1. The zero-order valence-corrected chi connectivity index (χ0v) is 18.5. The van der Waals surface area contributed by atoms with Gasteiger partial charge in [-0.2, -0.15) is 5.26 Å². The van der Waals surface area contributed by atoms with Crippen LogP contribution < -0.4 is 9.47 Å². The first kappa shape index (κ1) is 21.7. The van der Waals surface area contributed by atoms with Gasteiger partial charge in [-0.25, -0.2) is 0 Å². The molecule has 0 spiro atoms. The summed E-state index contributed by atoms with van der Waals surface area (Å²) < 4.78 is 17.4. The second kappa shape index (κ2) is 8.94. The Kier molecular flexibility index (Phi) is 6.07. The van der Waals surface area contributed by atoms with E-state index in [1.807, 2.05) is 44.2 Å². The fourth-order valence-corrected chi connectivity index (χ4v) is 3.75. The molecule has 0 N–H and O–H groups in total. The molecule has 1 fully saturated rings. The molecule has 0 amide bonds. The molecule has 0 aliphatic heterocycles. The minimum absolute atomic E-state index is 0.344. The second-order valence-electron chi connectivity index (χ2n) is 8.23. The van der Waals surface area contributed by atoms with Gasteiger partial charge in [0.05, 0.1) is 0 Å². The van der Waals surface area contributed by atoms with Gasteiger partial charge in [-0.1, -0.05) is 55.8 Å². The molecule has 3 unspecified atom stereocenters. The minimum atomic E-state index is -1.05. The van der Waals surface area contributed by atoms with Gasteiger partial charge in [-0.15, -0.1) is 0 Å². The topological polar surface area (TPSA) is 68.5 Å². The van der Waals surface area contributed by atoms with Crippen molar-refractivity contribution in [3.63, 3.8) is 0 Å². The number of benzene rings is 3. The van der Waals surface area contributed by atoms with E-state index in [1.165, 1.54) is 0 Å². The number of ether oxygens (including phenoxy) is 3. The molecule has 3 atom stereocenters. The summed E-state index contributed by atoms with van der Waals surface area (Å²) in [6.07, 6.45) is -1.39. The molecular formula is C26H22ClNO4. The first-order chi connectivity index (χ1) is 15.4. The Morgan fingerprint density at radius 1 is 0.969 bits per heavy atom. The van der Waals surface area contributed by atoms with Gasteiger partial charge in [0, 0.05) is 16.0 Å². The number of rotatable bonds is 7. The van der Waals surface area contributed by atoms with E-state index in [0.29, 0.717) is 27.8 Å². The molecule has 0 saturated heterocycles. The van der Waals surface area contributed by atoms with Gasteiger partial charge in [0.1, 0.15) is 35.3 Å². The van der Waals surface area contributed by atoms with Crippen LogP contribution in [0.15, 0.2) is 78.9 Å². The van der Waals surface area contributed by atoms with E-state index in [1.54, 1.807) is 48.5 Å². The maximum atomic E-state index is 12.9. The Morgan fingerprint density at radius 2 is 1.66 bits per heavy atom. The molecule has 3 aromatic carbocycles. The number of hydrogen-bond donors (Lipinski definition) is 0. The Balaban J connectivity index is 1.43. The van der Waals surface area contributed by atoms with E-state index >= 15 is 0 Å². The standard InChI is InChI=1S/C26H22ClNO4/c1-26(2)23(24(26)31-20-13-11-18(27)12-14-20)25(29)32-22(16-28)17-7-6-10-21(15-17)30-19-8-4-3-5-9-19/h3-15,22-24H,1-2H3. The lowest BCUT2D eigenvalue weighted by Crippen LogP contribution is -2.16. The van der Waals surface area contributed by atoms with E-state index in [0.717, 1.165) is 0 Å². The predicted octanol–water partition coefficient (Wildman–Crippen LogP) is 6.34. The molecule has 6 heteroatoms. The van der Waals surface area contributed by atoms with Crippen molar-refractivity contribution in [3.05, 3.63) is 89.4 Å². The summed E-state index contributed by atoms with van der Waals surface area (Å²) >= 11 is 5.92. The number of nitrogens with zero attached hydrogens (tertiary/aromatic N) is 1. The van der Waals surface area contributed by atoms with E-state index in [4.69, 9.17) is 25.8 Å². The molecule has 0 bridgehead atoms. The van der Waals surface area contributed by atoms with Crippen molar-refractivity contribution >= 4 is 17.6 Å². The van der Waals surface area contributed by atoms with Crippen LogP contribution in [-0.2, 0) is 9.53 Å². The average molecular weight is 448 g/mol. The van der Waals surface area contributed by atoms with Gasteiger partial charge in [0.25, 0.3) is 0 Å². The minimum Gasteiger partial charge on any atom is -0.489 e. The summed E-state index contributed by atoms with van der Waals surface area (Å²) in [7, 11) is 0. The Bertz CT molecular complexity index is 1140. The molecule has 1 aliphatic carbocycles. The molecule has 162 valence electrons. The zero-order chi connectivity index (χ0) is 22.7. The van der Waals surface area contributed by atoms with Crippen LogP contribution in [0.3, 0.4) is 0 Å². The molecule has 1 saturated carbocycles. The van der Waals surface area contributed by atoms with Crippen LogP contribution in [0.25, 0.3) is 0 Å². The highest BCUT2D eigenvalue weighted by Gasteiger charge is 2.65. The second-order valence-corrected chi connectivity index (χ2v) is 8.66. The third kappa shape index (κ3) is 4.71. The highest BCUT2D eigenvalue weighted by molar-refractivity contribution is 6.30. The molecule has 5 nitrogen and oxygen atoms in total. The number of hydrogen-bond acceptors (Lipinski definition) is 5. The number of halogens is 1. The Labute approximate surface area is 192 Å². The molecule has 1 aliphatic rings. The smallest absolute Gasteiger partial charge is 0.315 e. The van der Waals surface area contributed by atoms with E-state index < -0.39 is 23.4 Å². The number of esters is 1. The first-order valence-corrected chi connectivity index (χ1v) is 10.6. The van der Waals surface area contributed by atoms with Gasteiger partial charge in [-0.3, -0.25) is 4.79 Å². The van der Waals surface area contributed by atoms with Gasteiger partial charge in [0.2, 0.25) is 6.10 Å². The normalized spacial score (nSPS) is 19.3. The molecule has 3 aromatic rings. The number of carbonyl (C=O) groups is 1. The van der Waals surface area contributed by atoms with Crippen molar-refractivity contribution in [3.8, 4) is 23.3 Å². The van der Waals surface area contributed by atoms with Crippen LogP contribution in [0.5, 0.6) is 17.2 Å². The van der Waals surface area contributed by atoms with Crippen molar-refractivity contribution in [1.29, 1.82) is 5.26 Å². The van der Waals surface area contributed by atoms with Crippen molar-refractivity contribution in [2.45, 2.75) is 26.1 Å². The molecule has 32 heavy (non-hydrogen) atoms. The Morgan fingerprint density at radius 3 is 2.34 bits per heavy atom. The summed E-state index contributed by atoms with van der Waals surface area (Å²) in [4.78, 5) is 12.9. The lowest BCUT2D eigenvalue weighted by Gasteiger charge is -2.13. The van der Waals surface area contributed by atoms with E-state index in [-0.39, 0.29) is 6.10 Å². The highest BCUT2D eigenvalue weighted by Crippen LogP contribution is 2.55. The molecule has 0 heterocycles. The largest absolute Gasteiger partial charge is 0.489 e. The zero-order valence-electron chi connectivity index (χ0n) is 17.7. The van der Waals surface area contributed by atoms with Crippen LogP contribution in [0.1, 0.15) is 25.5 Å². The van der Waals surface area contributed by atoms with Crippen molar-refractivity contribution in [1.82, 2.24) is 0 Å². The van der Waals surface area contributed by atoms with Gasteiger partial charge >= 0.3 is 5.97 Å². The van der Waals surface area contributed by atoms with Crippen molar-refractivity contribution < 1.29 is 19.0 Å². The first-order valence-electron chi connectivity index (χ1n) is 10.2. The van der Waals surface area contributed by atoms with E-state index in [9.17, 15) is 10.1 Å². The average Bonchev–Trinajstić information content (AvgIpc) is 3.34. The molecular weight excluding hydrogens is 426 g/mol. The molecule has 0 radical (unpaired) electrons. The third-order valence-corrected chi connectivity index (χ3v) is 5.80. The fraction of sp³-hybridized carbons (Fsp3) is 0.231. The van der Waals surface area contributed by atoms with Crippen LogP contribution in [0.2, 0.25) is 5.02 Å². The summed E-state index contributed by atoms with van der Waals surface area (Å²) in [5, 5.41) is 10.3. The van der Waals surface area contributed by atoms with E-state index in [2.05, 4.69) is 6.07 Å². The van der Waals surface area contributed by atoms with Crippen LogP contribution in [0, 0.1) is 22.7 Å². The Hall–Kier alpha value is -3.49. The third-order valence-electron chi connectivity index (χ3n) is 5.55. The highest BCUT2D eigenvalue weighted by atomic mass is 35.5. The maximum Gasteiger partial charge on any atom is 0.315 e. The number of carbonyl (C=O) groups excluding carboxylic acids is 1. The maximum absolute atomic E-state index is 12.9. The van der Waals surface area contributed by atoms with Crippen molar-refractivity contribution in [2.75, 3.05) is 0 Å². The van der Waals surface area contributed by atoms with Gasteiger partial charge in [0.15, 0.2) is 0 Å². The van der Waals surface area contributed by atoms with Gasteiger partial charge in [-0.05, 0) is 48.5 Å². The number of para-hydroxylation sites is 1. The van der Waals surface area contributed by atoms with Crippen LogP contribution >= 0.6 is 11.6 Å². The van der Waals surface area contributed by atoms with Crippen LogP contribution in [0.4, 0.5) is 0 Å². The molecule has 0 aromatic heterocycles. The summed E-state index contributed by atoms with van der Waals surface area (Å²) in [5.74, 6) is 0.927. The summed E-state index contributed by atoms with van der Waals surface area (Å²) in [6.45, 7) is 3.88. The molecule has 4 rings (SSSR count). The fourth-order valence-electron chi connectivity index (χ4n) is 3.62. The predicted molar refractivity (Wildman–Crippen MR) is 121 cm³/mol. The quantitative estimate of drug-likeness (QED) is 0.395. The SMILES string of the molecule is CC1(C)C(Oc2ccc(Cl)cc2)C1C(=O)OC(C#N)c1cccc(Oc2ccccc2)c1. The van der Waals surface area contributed by atoms with Crippen molar-refractivity contribution in [2.24, 2.45) is 11.3 Å². The number of nitriles is 1. The summed E-state index contributed by atoms with van der Waals surface area (Å²) in [6, 6.07) is 25.4. The lowest BCUT2D eigenvalue weighted by molar-refractivity contribution is -0.149. The monoisotopic (exact) mass is 447 g/mol. The van der Waals surface area contributed by atoms with Crippen LogP contribution in [-0.4, -0.2) is 12.1 Å².